The van der Waals surface area contributed by atoms with Crippen LogP contribution in [-0.4, -0.2) is 65.2 Å². The average Bonchev–Trinajstić information content (AvgIpc) is 3.54. The summed E-state index contributed by atoms with van der Waals surface area (Å²) in [5, 5.41) is 16.2. The first-order valence-corrected chi connectivity index (χ1v) is 12.7. The van der Waals surface area contributed by atoms with Crippen molar-refractivity contribution in [2.45, 2.75) is 85.0 Å². The number of hydrogen-bond donors (Lipinski definition) is 3. The van der Waals surface area contributed by atoms with Gasteiger partial charge in [-0.25, -0.2) is 4.79 Å². The lowest BCUT2D eigenvalue weighted by Gasteiger charge is -2.36. The lowest BCUT2D eigenvalue weighted by Crippen LogP contribution is -2.56. The second-order valence-electron chi connectivity index (χ2n) is 10.7. The molecule has 10 nitrogen and oxygen atoms in total. The summed E-state index contributed by atoms with van der Waals surface area (Å²) in [6.07, 6.45) is 0.494. The topological polar surface area (TPSA) is 134 Å². The maximum absolute atomic E-state index is 14.2. The van der Waals surface area contributed by atoms with Crippen molar-refractivity contribution in [2.75, 3.05) is 13.7 Å². The van der Waals surface area contributed by atoms with Crippen molar-refractivity contribution in [1.29, 1.82) is 0 Å². The van der Waals surface area contributed by atoms with Gasteiger partial charge in [0.15, 0.2) is 0 Å². The van der Waals surface area contributed by atoms with Crippen molar-refractivity contribution in [3.8, 4) is 5.75 Å². The molecule has 0 aliphatic heterocycles. The number of rotatable bonds is 10. The molecule has 5 unspecified atom stereocenters. The van der Waals surface area contributed by atoms with E-state index in [1.165, 1.54) is 12.0 Å². The molecule has 1 saturated carbocycles. The average molecular weight is 520 g/mol. The molecule has 1 aromatic carbocycles. The van der Waals surface area contributed by atoms with Crippen LogP contribution in [0.1, 0.15) is 71.6 Å². The first-order valence-electron chi connectivity index (χ1n) is 12.7. The summed E-state index contributed by atoms with van der Waals surface area (Å²) < 4.78 is 10.0. The van der Waals surface area contributed by atoms with Gasteiger partial charge in [0.2, 0.25) is 11.8 Å². The Morgan fingerprint density at radius 3 is 2.35 bits per heavy atom. The molecule has 1 aliphatic carbocycles. The Kier molecular flexibility index (Phi) is 9.94. The summed E-state index contributed by atoms with van der Waals surface area (Å²) in [5.74, 6) is -2.05. The quantitative estimate of drug-likeness (QED) is 0.404. The molecule has 1 aromatic rings. The van der Waals surface area contributed by atoms with Crippen LogP contribution in [0.25, 0.3) is 0 Å². The van der Waals surface area contributed by atoms with Crippen LogP contribution >= 0.6 is 0 Å². The monoisotopic (exact) mass is 519 g/mol. The van der Waals surface area contributed by atoms with Crippen molar-refractivity contribution in [3.63, 3.8) is 0 Å². The largest absolute Gasteiger partial charge is 0.507 e. The number of aryl methyl sites for hydroxylation is 1. The highest BCUT2D eigenvalue weighted by Crippen LogP contribution is 2.43. The summed E-state index contributed by atoms with van der Waals surface area (Å²) in [6, 6.07) is 2.45. The number of alkyl carbamates (subject to hydrolysis) is 1. The number of phenols is 1. The molecule has 0 radical (unpaired) electrons. The molecule has 3 N–H and O–H groups in total. The summed E-state index contributed by atoms with van der Waals surface area (Å²) >= 11 is 0. The number of ether oxygens (including phenoxy) is 2. The molecule has 10 heteroatoms. The van der Waals surface area contributed by atoms with Crippen LogP contribution in [0.4, 0.5) is 4.79 Å². The summed E-state index contributed by atoms with van der Waals surface area (Å²) in [7, 11) is 1.21. The van der Waals surface area contributed by atoms with E-state index in [0.717, 1.165) is 0 Å². The Morgan fingerprint density at radius 2 is 1.84 bits per heavy atom. The molecule has 0 heterocycles. The van der Waals surface area contributed by atoms with Crippen molar-refractivity contribution in [2.24, 2.45) is 11.8 Å². The van der Waals surface area contributed by atoms with E-state index in [4.69, 9.17) is 4.74 Å². The highest BCUT2D eigenvalue weighted by atomic mass is 16.6. The second-order valence-corrected chi connectivity index (χ2v) is 10.7. The zero-order valence-corrected chi connectivity index (χ0v) is 23.1. The highest BCUT2D eigenvalue weighted by molar-refractivity contribution is 5.94. The fourth-order valence-corrected chi connectivity index (χ4v) is 4.10. The lowest BCUT2D eigenvalue weighted by molar-refractivity contribution is -0.146. The molecule has 3 amide bonds. The minimum atomic E-state index is -1.24. The fourth-order valence-electron chi connectivity index (χ4n) is 4.10. The van der Waals surface area contributed by atoms with E-state index >= 15 is 0 Å². The van der Waals surface area contributed by atoms with Gasteiger partial charge < -0.3 is 30.1 Å². The normalized spacial score (nSPS) is 19.1. The smallest absolute Gasteiger partial charge is 0.408 e. The number of para-hydroxylation sites is 1. The van der Waals surface area contributed by atoms with Gasteiger partial charge in [0.05, 0.1) is 7.11 Å². The maximum Gasteiger partial charge on any atom is 0.408 e. The predicted octanol–water partition coefficient (Wildman–Crippen LogP) is 3.21. The van der Waals surface area contributed by atoms with Crippen LogP contribution in [0.3, 0.4) is 0 Å². The van der Waals surface area contributed by atoms with Gasteiger partial charge in [0.25, 0.3) is 0 Å². The molecular weight excluding hydrogens is 478 g/mol. The number of amides is 3. The Morgan fingerprint density at radius 1 is 1.22 bits per heavy atom. The molecule has 2 rings (SSSR count). The molecule has 37 heavy (non-hydrogen) atoms. The SMILES string of the molecule is CCC(C)C(NC(=O)OC(C)(C)C)C(=O)N(C(C(=O)NCC(=O)OC)c1cccc(C)c1O)C1CC1C. The van der Waals surface area contributed by atoms with Gasteiger partial charge in [0.1, 0.15) is 30.0 Å². The molecule has 1 fully saturated rings. The van der Waals surface area contributed by atoms with E-state index in [1.54, 1.807) is 45.9 Å². The second kappa shape index (κ2) is 12.3. The van der Waals surface area contributed by atoms with E-state index < -0.39 is 48.1 Å². The number of esters is 1. The fraction of sp³-hybridized carbons (Fsp3) is 0.630. The predicted molar refractivity (Wildman–Crippen MR) is 138 cm³/mol. The van der Waals surface area contributed by atoms with Crippen LogP contribution in [-0.2, 0) is 23.9 Å². The van der Waals surface area contributed by atoms with Crippen LogP contribution in [0.5, 0.6) is 5.75 Å². The number of carbonyl (C=O) groups is 4. The lowest BCUT2D eigenvalue weighted by atomic mass is 9.94. The van der Waals surface area contributed by atoms with Gasteiger partial charge in [-0.15, -0.1) is 0 Å². The van der Waals surface area contributed by atoms with Crippen LogP contribution in [0.15, 0.2) is 18.2 Å². The minimum Gasteiger partial charge on any atom is -0.507 e. The van der Waals surface area contributed by atoms with E-state index in [2.05, 4.69) is 15.4 Å². The molecule has 0 bridgehead atoms. The van der Waals surface area contributed by atoms with Crippen LogP contribution < -0.4 is 10.6 Å². The van der Waals surface area contributed by atoms with Gasteiger partial charge in [-0.2, -0.15) is 0 Å². The number of carbonyl (C=O) groups excluding carboxylic acids is 4. The van der Waals surface area contributed by atoms with E-state index in [9.17, 15) is 24.3 Å². The van der Waals surface area contributed by atoms with Crippen molar-refractivity contribution in [1.82, 2.24) is 15.5 Å². The Labute approximate surface area is 219 Å². The number of methoxy groups -OCH3 is 1. The van der Waals surface area contributed by atoms with Crippen molar-refractivity contribution >= 4 is 23.9 Å². The zero-order chi connectivity index (χ0) is 28.1. The number of benzene rings is 1. The maximum atomic E-state index is 14.2. The van der Waals surface area contributed by atoms with Gasteiger partial charge in [-0.1, -0.05) is 45.4 Å². The summed E-state index contributed by atoms with van der Waals surface area (Å²) in [5.41, 5.74) is 0.00134. The summed E-state index contributed by atoms with van der Waals surface area (Å²) in [4.78, 5) is 53.6. The standard InChI is InChI=1S/C27H41N3O7/c1-9-15(2)21(29-26(35)37-27(5,6)7)25(34)30(19-13-17(19)4)22(24(33)28-14-20(31)36-8)18-12-10-11-16(3)23(18)32/h10-12,15,17,19,21-22,32H,9,13-14H2,1-8H3,(H,28,33)(H,29,35). The zero-order valence-electron chi connectivity index (χ0n) is 23.1. The third kappa shape index (κ3) is 7.84. The van der Waals surface area contributed by atoms with Crippen molar-refractivity contribution in [3.05, 3.63) is 29.3 Å². The minimum absolute atomic E-state index is 0.103. The number of phenolic OH excluding ortho intramolecular Hbond substituents is 1. The van der Waals surface area contributed by atoms with Gasteiger partial charge >= 0.3 is 12.1 Å². The first kappa shape index (κ1) is 29.9. The number of nitrogens with one attached hydrogen (secondary N) is 2. The number of hydrogen-bond acceptors (Lipinski definition) is 7. The third-order valence-corrected chi connectivity index (χ3v) is 6.55. The van der Waals surface area contributed by atoms with Crippen LogP contribution in [0.2, 0.25) is 0 Å². The molecule has 0 spiro atoms. The van der Waals surface area contributed by atoms with Gasteiger partial charge in [-0.3, -0.25) is 14.4 Å². The van der Waals surface area contributed by atoms with E-state index in [1.807, 2.05) is 20.8 Å². The van der Waals surface area contributed by atoms with Crippen molar-refractivity contribution < 1.29 is 33.8 Å². The highest BCUT2D eigenvalue weighted by Gasteiger charge is 2.49. The Bertz CT molecular complexity index is 1000. The third-order valence-electron chi connectivity index (χ3n) is 6.55. The Balaban J connectivity index is 2.56. The Hall–Kier alpha value is -3.30. The first-order chi connectivity index (χ1) is 17.2. The van der Waals surface area contributed by atoms with Crippen LogP contribution in [0, 0.1) is 18.8 Å². The molecule has 0 aromatic heterocycles. The molecule has 0 saturated heterocycles. The van der Waals surface area contributed by atoms with Gasteiger partial charge in [0, 0.05) is 11.6 Å². The number of nitrogens with zero attached hydrogens (tertiary/aromatic N) is 1. The molecular formula is C27H41N3O7. The van der Waals surface area contributed by atoms with Gasteiger partial charge in [-0.05, 0) is 51.5 Å². The van der Waals surface area contributed by atoms with E-state index in [0.29, 0.717) is 18.4 Å². The molecule has 1 aliphatic rings. The molecule has 206 valence electrons. The molecule has 5 atom stereocenters. The van der Waals surface area contributed by atoms with E-state index in [-0.39, 0.29) is 29.2 Å². The number of aromatic hydroxyl groups is 1. The summed E-state index contributed by atoms with van der Waals surface area (Å²) in [6.45, 7) is 12.2.